The zero-order valence-corrected chi connectivity index (χ0v) is 7.78. The summed E-state index contributed by atoms with van der Waals surface area (Å²) in [4.78, 5) is 0. The maximum Gasteiger partial charge on any atom is 0.0822 e. The van der Waals surface area contributed by atoms with Crippen molar-refractivity contribution in [1.29, 1.82) is 0 Å². The number of hydrogen-bond acceptors (Lipinski definition) is 0. The molecule has 0 N–H and O–H groups in total. The first-order chi connectivity index (χ1) is 6.43. The van der Waals surface area contributed by atoms with E-state index in [9.17, 15) is 5.11 Å². The molecule has 1 rings (SSSR count). The minimum absolute atomic E-state index is 0.0547. The van der Waals surface area contributed by atoms with Gasteiger partial charge in [0.2, 0.25) is 0 Å². The van der Waals surface area contributed by atoms with E-state index in [4.69, 9.17) is 0 Å². The molecule has 0 amide bonds. The third-order valence-corrected chi connectivity index (χ3v) is 1.88. The van der Waals surface area contributed by atoms with E-state index in [1.54, 1.807) is 0 Å². The van der Waals surface area contributed by atoms with Gasteiger partial charge in [-0.25, -0.2) is 5.11 Å². The molecule has 0 aromatic heterocycles. The fourth-order valence-corrected chi connectivity index (χ4v) is 1.15. The smallest absolute Gasteiger partial charge is 0.0822 e. The highest BCUT2D eigenvalue weighted by Gasteiger charge is 1.84. The lowest BCUT2D eigenvalue weighted by Crippen LogP contribution is -1.78. The lowest BCUT2D eigenvalue weighted by atomic mass is 10.2. The second-order valence-corrected chi connectivity index (χ2v) is 3.01. The molecule has 1 aromatic rings. The van der Waals surface area contributed by atoms with E-state index in [0.29, 0.717) is 0 Å². The average Bonchev–Trinajstić information content (AvgIpc) is 2.19. The van der Waals surface area contributed by atoms with Crippen molar-refractivity contribution in [3.63, 3.8) is 0 Å². The predicted octanol–water partition coefficient (Wildman–Crippen LogP) is 3.30. The topological polar surface area (TPSA) is 19.9 Å². The van der Waals surface area contributed by atoms with Gasteiger partial charge in [0.15, 0.2) is 0 Å². The Kier molecular flexibility index (Phi) is 4.95. The van der Waals surface area contributed by atoms with Crippen LogP contribution in [0.5, 0.6) is 0 Å². The molecule has 0 bridgehead atoms. The molecule has 0 unspecified atom stereocenters. The molecule has 0 spiro atoms. The molecule has 0 heterocycles. The Bertz CT molecular complexity index is 239. The van der Waals surface area contributed by atoms with Crippen molar-refractivity contribution in [2.45, 2.75) is 19.3 Å². The molecule has 13 heavy (non-hydrogen) atoms. The van der Waals surface area contributed by atoms with Crippen molar-refractivity contribution < 1.29 is 5.11 Å². The Morgan fingerprint density at radius 2 is 1.85 bits per heavy atom. The molecule has 0 aliphatic heterocycles. The third kappa shape index (κ3) is 4.48. The van der Waals surface area contributed by atoms with Crippen LogP contribution < -0.4 is 0 Å². The van der Waals surface area contributed by atoms with E-state index in [0.717, 1.165) is 19.3 Å². The second-order valence-electron chi connectivity index (χ2n) is 3.01. The quantitative estimate of drug-likeness (QED) is 0.612. The van der Waals surface area contributed by atoms with E-state index in [-0.39, 0.29) is 6.61 Å². The highest BCUT2D eigenvalue weighted by molar-refractivity contribution is 5.48. The van der Waals surface area contributed by atoms with Crippen molar-refractivity contribution in [2.24, 2.45) is 0 Å². The molecule has 0 saturated carbocycles. The molecule has 0 fully saturated rings. The lowest BCUT2D eigenvalue weighted by Gasteiger charge is -1.92. The highest BCUT2D eigenvalue weighted by Crippen LogP contribution is 2.03. The van der Waals surface area contributed by atoms with Gasteiger partial charge < -0.3 is 0 Å². The predicted molar refractivity (Wildman–Crippen MR) is 54.9 cm³/mol. The van der Waals surface area contributed by atoms with Gasteiger partial charge in [0.05, 0.1) is 6.61 Å². The first-order valence-electron chi connectivity index (χ1n) is 4.73. The molecule has 1 aromatic carbocycles. The fraction of sp³-hybridized carbons (Fsp3) is 0.333. The van der Waals surface area contributed by atoms with Gasteiger partial charge in [0, 0.05) is 0 Å². The van der Waals surface area contributed by atoms with Crippen LogP contribution in [-0.2, 0) is 5.11 Å². The van der Waals surface area contributed by atoms with Crippen LogP contribution >= 0.6 is 0 Å². The Balaban J connectivity index is 2.25. The average molecular weight is 175 g/mol. The van der Waals surface area contributed by atoms with E-state index < -0.39 is 0 Å². The zero-order valence-electron chi connectivity index (χ0n) is 7.78. The summed E-state index contributed by atoms with van der Waals surface area (Å²) < 4.78 is 0. The SMILES string of the molecule is [O]CCCC/C=C/c1ccccc1. The monoisotopic (exact) mass is 175 g/mol. The van der Waals surface area contributed by atoms with E-state index in [1.807, 2.05) is 18.2 Å². The number of allylic oxidation sites excluding steroid dienone is 1. The summed E-state index contributed by atoms with van der Waals surface area (Å²) >= 11 is 0. The molecule has 1 heteroatoms. The summed E-state index contributed by atoms with van der Waals surface area (Å²) in [6, 6.07) is 10.2. The highest BCUT2D eigenvalue weighted by atomic mass is 16.2. The van der Waals surface area contributed by atoms with Gasteiger partial charge in [-0.05, 0) is 24.8 Å². The third-order valence-electron chi connectivity index (χ3n) is 1.88. The van der Waals surface area contributed by atoms with Crippen LogP contribution in [0, 0.1) is 0 Å². The van der Waals surface area contributed by atoms with Crippen molar-refractivity contribution in [1.82, 2.24) is 0 Å². The summed E-state index contributed by atoms with van der Waals surface area (Å²) in [5.74, 6) is 0. The summed E-state index contributed by atoms with van der Waals surface area (Å²) in [6.45, 7) is 0.0547. The molecular weight excluding hydrogens is 160 g/mol. The maximum absolute atomic E-state index is 10.1. The Morgan fingerprint density at radius 1 is 1.08 bits per heavy atom. The molecule has 69 valence electrons. The molecule has 1 nitrogen and oxygen atoms in total. The van der Waals surface area contributed by atoms with E-state index in [1.165, 1.54) is 5.56 Å². The van der Waals surface area contributed by atoms with Gasteiger partial charge in [-0.1, -0.05) is 42.5 Å². The van der Waals surface area contributed by atoms with E-state index >= 15 is 0 Å². The molecule has 0 atom stereocenters. The van der Waals surface area contributed by atoms with Crippen LogP contribution in [0.15, 0.2) is 36.4 Å². The van der Waals surface area contributed by atoms with Crippen molar-refractivity contribution in [3.8, 4) is 0 Å². The largest absolute Gasteiger partial charge is 0.237 e. The molecule has 0 saturated heterocycles. The number of hydrogen-bond donors (Lipinski definition) is 0. The summed E-state index contributed by atoms with van der Waals surface area (Å²) in [5.41, 5.74) is 1.23. The van der Waals surface area contributed by atoms with Gasteiger partial charge >= 0.3 is 0 Å². The van der Waals surface area contributed by atoms with Gasteiger partial charge in [0.1, 0.15) is 0 Å². The first-order valence-corrected chi connectivity index (χ1v) is 4.73. The first kappa shape index (κ1) is 10.0. The Labute approximate surface area is 79.7 Å². The van der Waals surface area contributed by atoms with Crippen LogP contribution in [0.4, 0.5) is 0 Å². The molecule has 1 radical (unpaired) electrons. The van der Waals surface area contributed by atoms with Crippen molar-refractivity contribution >= 4 is 6.08 Å². The minimum Gasteiger partial charge on any atom is -0.237 e. The minimum atomic E-state index is 0.0547. The normalized spacial score (nSPS) is 10.8. The standard InChI is InChI=1S/C12H15O/c13-11-7-2-1-4-8-12-9-5-3-6-10-12/h3-6,8-10H,1-2,7,11H2/b8-4+. The van der Waals surface area contributed by atoms with Crippen LogP contribution in [-0.4, -0.2) is 6.61 Å². The Hall–Kier alpha value is -1.08. The summed E-state index contributed by atoms with van der Waals surface area (Å²) in [7, 11) is 0. The van der Waals surface area contributed by atoms with Gasteiger partial charge in [-0.15, -0.1) is 0 Å². The maximum atomic E-state index is 10.1. The fourth-order valence-electron chi connectivity index (χ4n) is 1.15. The molecule has 0 aliphatic carbocycles. The van der Waals surface area contributed by atoms with Crippen LogP contribution in [0.25, 0.3) is 6.08 Å². The zero-order chi connectivity index (χ0) is 9.36. The second kappa shape index (κ2) is 6.44. The van der Waals surface area contributed by atoms with Crippen LogP contribution in [0.1, 0.15) is 24.8 Å². The molecular formula is C12H15O. The number of unbranched alkanes of at least 4 members (excludes halogenated alkanes) is 2. The van der Waals surface area contributed by atoms with Gasteiger partial charge in [-0.3, -0.25) is 0 Å². The number of benzene rings is 1. The summed E-state index contributed by atoms with van der Waals surface area (Å²) in [6.07, 6.45) is 7.04. The van der Waals surface area contributed by atoms with Gasteiger partial charge in [-0.2, -0.15) is 0 Å². The lowest BCUT2D eigenvalue weighted by molar-refractivity contribution is 0.187. The van der Waals surface area contributed by atoms with E-state index in [2.05, 4.69) is 24.3 Å². The molecule has 0 aliphatic rings. The van der Waals surface area contributed by atoms with Crippen LogP contribution in [0.3, 0.4) is 0 Å². The summed E-state index contributed by atoms with van der Waals surface area (Å²) in [5, 5.41) is 10.1. The number of rotatable bonds is 5. The van der Waals surface area contributed by atoms with Crippen molar-refractivity contribution in [2.75, 3.05) is 6.61 Å². The van der Waals surface area contributed by atoms with Crippen molar-refractivity contribution in [3.05, 3.63) is 42.0 Å². The van der Waals surface area contributed by atoms with Crippen LogP contribution in [0.2, 0.25) is 0 Å². The van der Waals surface area contributed by atoms with Gasteiger partial charge in [0.25, 0.3) is 0 Å². The Morgan fingerprint density at radius 3 is 2.54 bits per heavy atom.